The molecular formula is C31H44N4O2. The van der Waals surface area contributed by atoms with Gasteiger partial charge in [-0.1, -0.05) is 43.9 Å². The van der Waals surface area contributed by atoms with E-state index in [1.54, 1.807) is 12.3 Å². The van der Waals surface area contributed by atoms with Crippen molar-refractivity contribution >= 4 is 34.5 Å². The van der Waals surface area contributed by atoms with Gasteiger partial charge in [-0.3, -0.25) is 4.40 Å². The highest BCUT2D eigenvalue weighted by atomic mass is 16.5. The van der Waals surface area contributed by atoms with Gasteiger partial charge in [-0.05, 0) is 90.1 Å². The molecule has 0 radical (unpaired) electrons. The Morgan fingerprint density at radius 2 is 1.95 bits per heavy atom. The van der Waals surface area contributed by atoms with Gasteiger partial charge in [0.2, 0.25) is 0 Å². The first-order valence-electron chi connectivity index (χ1n) is 13.1. The van der Waals surface area contributed by atoms with Crippen LogP contribution < -0.4 is 27.3 Å². The van der Waals surface area contributed by atoms with Crippen LogP contribution in [0.4, 0.5) is 0 Å². The molecule has 1 aliphatic rings. The summed E-state index contributed by atoms with van der Waals surface area (Å²) in [6.07, 6.45) is 9.93. The topological polar surface area (TPSA) is 98.8 Å². The van der Waals surface area contributed by atoms with Gasteiger partial charge in [0.15, 0.2) is 0 Å². The van der Waals surface area contributed by atoms with Crippen molar-refractivity contribution in [3.63, 3.8) is 0 Å². The van der Waals surface area contributed by atoms with E-state index in [2.05, 4.69) is 55.7 Å². The molecule has 200 valence electrons. The number of aromatic nitrogens is 2. The van der Waals surface area contributed by atoms with E-state index < -0.39 is 0 Å². The van der Waals surface area contributed by atoms with Crippen molar-refractivity contribution in [2.45, 2.75) is 79.8 Å². The van der Waals surface area contributed by atoms with E-state index in [-0.39, 0.29) is 11.4 Å². The molecular weight excluding hydrogens is 460 g/mol. The number of benzene rings is 1. The van der Waals surface area contributed by atoms with Crippen LogP contribution in [0.15, 0.2) is 23.8 Å². The Balaban J connectivity index is 0.000000291. The summed E-state index contributed by atoms with van der Waals surface area (Å²) in [5.74, 6) is 6.48. The largest absolute Gasteiger partial charge is 0.506 e. The van der Waals surface area contributed by atoms with E-state index in [0.29, 0.717) is 5.52 Å². The molecule has 0 amide bonds. The van der Waals surface area contributed by atoms with Gasteiger partial charge in [0.25, 0.3) is 0 Å². The fourth-order valence-electron chi connectivity index (χ4n) is 4.43. The maximum Gasteiger partial charge on any atom is 0.148 e. The maximum absolute atomic E-state index is 10.2. The van der Waals surface area contributed by atoms with Gasteiger partial charge in [-0.15, -0.1) is 0 Å². The number of allylic oxidation sites excluding steroid dienone is 2. The number of hydrogen-bond donors (Lipinski definition) is 3. The molecule has 6 nitrogen and oxygen atoms in total. The summed E-state index contributed by atoms with van der Waals surface area (Å²) in [6, 6.07) is 3.63. The molecule has 2 aromatic heterocycles. The second kappa shape index (κ2) is 13.3. The lowest BCUT2D eigenvalue weighted by atomic mass is 10.0. The third-order valence-corrected chi connectivity index (χ3v) is 6.68. The van der Waals surface area contributed by atoms with Crippen molar-refractivity contribution in [1.82, 2.24) is 9.38 Å². The predicted molar refractivity (Wildman–Crippen MR) is 157 cm³/mol. The lowest BCUT2D eigenvalue weighted by Gasteiger charge is -2.14. The zero-order valence-corrected chi connectivity index (χ0v) is 23.8. The molecule has 1 atom stereocenters. The Kier molecular flexibility index (Phi) is 10.8. The molecule has 0 bridgehead atoms. The van der Waals surface area contributed by atoms with Crippen molar-refractivity contribution in [3.05, 3.63) is 45.1 Å². The summed E-state index contributed by atoms with van der Waals surface area (Å²) < 4.78 is 7.69. The number of nitrogens with two attached hydrogens (primary N) is 2. The second-order valence-corrected chi connectivity index (χ2v) is 9.36. The average molecular weight is 505 g/mol. The van der Waals surface area contributed by atoms with Crippen molar-refractivity contribution in [3.8, 4) is 17.6 Å². The van der Waals surface area contributed by atoms with Crippen molar-refractivity contribution in [2.75, 3.05) is 13.7 Å². The summed E-state index contributed by atoms with van der Waals surface area (Å²) in [4.78, 5) is 4.69. The zero-order chi connectivity index (χ0) is 27.8. The van der Waals surface area contributed by atoms with Crippen LogP contribution in [-0.4, -0.2) is 33.7 Å². The standard InChI is InChI=1S/C19H23N3O.C11H16O.CH5N/c1-5-7-13-14(10-20)19-21-16-15(23)9-8-12(4)18(16)22(19)17(13)11(3)6-2;1-4-10(2)6-8-11(3)7-5-9-12-11;1-2/h7-10,23H,5-6,20H2,1-4H3;4H,5,7,9H2,1-3H3;2H2,1H3/b13-7+,14-10+,17-11?;10-4+;. The number of ether oxygens (including phenoxy) is 1. The zero-order valence-electron chi connectivity index (χ0n) is 23.8. The molecule has 1 aromatic carbocycles. The van der Waals surface area contributed by atoms with Gasteiger partial charge in [-0.25, -0.2) is 4.98 Å². The minimum atomic E-state index is -0.176. The number of hydrogen-bond acceptors (Lipinski definition) is 5. The van der Waals surface area contributed by atoms with Gasteiger partial charge in [0.05, 0.1) is 10.9 Å². The van der Waals surface area contributed by atoms with Gasteiger partial charge in [0.1, 0.15) is 22.5 Å². The Morgan fingerprint density at radius 3 is 2.49 bits per heavy atom. The number of aromatic hydroxyl groups is 1. The van der Waals surface area contributed by atoms with E-state index >= 15 is 0 Å². The quantitative estimate of drug-likeness (QED) is 0.461. The van der Waals surface area contributed by atoms with Crippen LogP contribution in [0.5, 0.6) is 5.75 Å². The van der Waals surface area contributed by atoms with Crippen molar-refractivity contribution < 1.29 is 9.84 Å². The normalized spacial score (nSPS) is 19.2. The van der Waals surface area contributed by atoms with Gasteiger partial charge in [0, 0.05) is 23.2 Å². The third kappa shape index (κ3) is 6.36. The molecule has 37 heavy (non-hydrogen) atoms. The number of rotatable bonds is 2. The van der Waals surface area contributed by atoms with Gasteiger partial charge in [-0.2, -0.15) is 0 Å². The molecule has 0 saturated carbocycles. The summed E-state index contributed by atoms with van der Waals surface area (Å²) >= 11 is 0. The summed E-state index contributed by atoms with van der Waals surface area (Å²) in [7, 11) is 1.50. The first kappa shape index (κ1) is 30.0. The minimum absolute atomic E-state index is 0.176. The monoisotopic (exact) mass is 504 g/mol. The molecule has 3 heterocycles. The molecule has 5 N–H and O–H groups in total. The third-order valence-electron chi connectivity index (χ3n) is 6.68. The van der Waals surface area contributed by atoms with E-state index in [0.717, 1.165) is 70.4 Å². The Morgan fingerprint density at radius 1 is 1.24 bits per heavy atom. The average Bonchev–Trinajstić information content (AvgIpc) is 3.59. The maximum atomic E-state index is 10.2. The number of phenolic OH excluding ortho intramolecular Hbond substituents is 1. The Labute approximate surface area is 221 Å². The number of imidazole rings is 1. The molecule has 1 saturated heterocycles. The fourth-order valence-corrected chi connectivity index (χ4v) is 4.43. The first-order chi connectivity index (χ1) is 17.7. The van der Waals surface area contributed by atoms with Gasteiger partial charge >= 0.3 is 0 Å². The Bertz CT molecular complexity index is 1490. The molecule has 1 fully saturated rings. The van der Waals surface area contributed by atoms with E-state index in [1.165, 1.54) is 12.6 Å². The van der Waals surface area contributed by atoms with Crippen molar-refractivity contribution in [1.29, 1.82) is 0 Å². The lowest BCUT2D eigenvalue weighted by Crippen LogP contribution is -2.36. The van der Waals surface area contributed by atoms with Crippen LogP contribution in [-0.2, 0) is 4.74 Å². The molecule has 6 heteroatoms. The summed E-state index contributed by atoms with van der Waals surface area (Å²) in [5, 5.41) is 13.4. The lowest BCUT2D eigenvalue weighted by molar-refractivity contribution is 0.0695. The summed E-state index contributed by atoms with van der Waals surface area (Å²) in [6.45, 7) is 15.4. The number of fused-ring (bicyclic) bond motifs is 3. The highest BCUT2D eigenvalue weighted by Gasteiger charge is 2.27. The molecule has 1 unspecified atom stereocenters. The minimum Gasteiger partial charge on any atom is -0.506 e. The predicted octanol–water partition coefficient (Wildman–Crippen LogP) is 3.79. The molecule has 0 spiro atoms. The first-order valence-corrected chi connectivity index (χ1v) is 13.1. The summed E-state index contributed by atoms with van der Waals surface area (Å²) in [5.41, 5.74) is 16.2. The van der Waals surface area contributed by atoms with Crippen LogP contribution in [0.1, 0.15) is 72.8 Å². The molecule has 4 rings (SSSR count). The number of phenols is 1. The molecule has 1 aliphatic heterocycles. The molecule has 0 aliphatic carbocycles. The van der Waals surface area contributed by atoms with Crippen LogP contribution in [0, 0.1) is 18.8 Å². The fraction of sp³-hybridized carbons (Fsp3) is 0.452. The number of aryl methyl sites for hydroxylation is 1. The second-order valence-electron chi connectivity index (χ2n) is 9.36. The highest BCUT2D eigenvalue weighted by molar-refractivity contribution is 5.89. The van der Waals surface area contributed by atoms with E-state index in [1.807, 2.05) is 32.9 Å². The van der Waals surface area contributed by atoms with Crippen LogP contribution >= 0.6 is 0 Å². The van der Waals surface area contributed by atoms with Crippen LogP contribution in [0.2, 0.25) is 0 Å². The highest BCUT2D eigenvalue weighted by Crippen LogP contribution is 2.26. The van der Waals surface area contributed by atoms with Crippen LogP contribution in [0.3, 0.4) is 0 Å². The van der Waals surface area contributed by atoms with Gasteiger partial charge < -0.3 is 21.3 Å². The molecule has 3 aromatic rings. The SMILES string of the molecule is C/C=C(\C)C#CC1(C)CCCO1.CC/C=c1/c(=C(C)CC)n2c(nc3c(O)ccc(C)c32)/c1=C/N.CN. The smallest absolute Gasteiger partial charge is 0.148 e. The van der Waals surface area contributed by atoms with E-state index in [4.69, 9.17) is 15.5 Å². The van der Waals surface area contributed by atoms with Crippen molar-refractivity contribution in [2.24, 2.45) is 11.5 Å². The van der Waals surface area contributed by atoms with E-state index in [9.17, 15) is 5.11 Å². The van der Waals surface area contributed by atoms with Crippen LogP contribution in [0.25, 0.3) is 34.5 Å². The Hall–Kier alpha value is -3.27. The number of nitrogens with zero attached hydrogens (tertiary/aromatic N) is 2.